The molecular weight excluding hydrogens is 376 g/mol. The van der Waals surface area contributed by atoms with E-state index in [1.54, 1.807) is 0 Å². The third-order valence-corrected chi connectivity index (χ3v) is 6.19. The van der Waals surface area contributed by atoms with E-state index in [0.29, 0.717) is 0 Å². The molecule has 1 aromatic rings. The minimum atomic E-state index is -0.262. The number of likely N-dealkylation sites (tertiary alicyclic amines) is 1. The van der Waals surface area contributed by atoms with Crippen LogP contribution in [-0.2, 0) is 10.2 Å². The van der Waals surface area contributed by atoms with Gasteiger partial charge in [-0.25, -0.2) is 0 Å². The molecule has 3 rings (SSSR count). The van der Waals surface area contributed by atoms with Crippen LogP contribution in [-0.4, -0.2) is 37.0 Å². The SMILES string of the molecule is CC1CC(C)CN(CCCCNC(=O)C2(c3cccc(Br)c3)CC2)C1. The molecule has 0 spiro atoms. The molecule has 1 N–H and O–H groups in total. The Balaban J connectivity index is 1.38. The van der Waals surface area contributed by atoms with E-state index in [0.717, 1.165) is 47.7 Å². The van der Waals surface area contributed by atoms with Gasteiger partial charge in [-0.3, -0.25) is 4.79 Å². The molecule has 1 saturated heterocycles. The van der Waals surface area contributed by atoms with Gasteiger partial charge in [-0.2, -0.15) is 0 Å². The number of hydrogen-bond donors (Lipinski definition) is 1. The van der Waals surface area contributed by atoms with Gasteiger partial charge in [-0.1, -0.05) is 41.9 Å². The Morgan fingerprint density at radius 1 is 1.24 bits per heavy atom. The monoisotopic (exact) mass is 406 g/mol. The van der Waals surface area contributed by atoms with Crippen LogP contribution in [0.2, 0.25) is 0 Å². The largest absolute Gasteiger partial charge is 0.355 e. The molecule has 2 atom stereocenters. The van der Waals surface area contributed by atoms with E-state index in [9.17, 15) is 4.79 Å². The molecule has 1 aromatic carbocycles. The smallest absolute Gasteiger partial charge is 0.230 e. The Labute approximate surface area is 160 Å². The Hall–Kier alpha value is -0.870. The molecule has 1 heterocycles. The normalized spacial score (nSPS) is 25.6. The zero-order valence-electron chi connectivity index (χ0n) is 15.6. The van der Waals surface area contributed by atoms with Crippen LogP contribution in [0.1, 0.15) is 51.5 Å². The van der Waals surface area contributed by atoms with Gasteiger partial charge in [0, 0.05) is 24.1 Å². The third kappa shape index (κ3) is 4.85. The summed E-state index contributed by atoms with van der Waals surface area (Å²) in [6.07, 6.45) is 5.55. The number of halogens is 1. The van der Waals surface area contributed by atoms with E-state index in [1.807, 2.05) is 12.1 Å². The van der Waals surface area contributed by atoms with Crippen molar-refractivity contribution >= 4 is 21.8 Å². The zero-order chi connectivity index (χ0) is 17.9. The molecule has 1 aliphatic heterocycles. The lowest BCUT2D eigenvalue weighted by Crippen LogP contribution is -2.39. The van der Waals surface area contributed by atoms with Crippen LogP contribution in [0.3, 0.4) is 0 Å². The summed E-state index contributed by atoms with van der Waals surface area (Å²) in [4.78, 5) is 15.3. The Morgan fingerprint density at radius 2 is 1.96 bits per heavy atom. The molecule has 2 unspecified atom stereocenters. The van der Waals surface area contributed by atoms with Crippen molar-refractivity contribution in [1.82, 2.24) is 10.2 Å². The van der Waals surface area contributed by atoms with Crippen LogP contribution in [0.4, 0.5) is 0 Å². The average molecular weight is 407 g/mol. The van der Waals surface area contributed by atoms with Gasteiger partial charge in [0.25, 0.3) is 0 Å². The van der Waals surface area contributed by atoms with Crippen LogP contribution >= 0.6 is 15.9 Å². The maximum Gasteiger partial charge on any atom is 0.230 e. The van der Waals surface area contributed by atoms with Crippen molar-refractivity contribution in [3.8, 4) is 0 Å². The Kier molecular flexibility index (Phi) is 6.21. The van der Waals surface area contributed by atoms with E-state index in [4.69, 9.17) is 0 Å². The summed E-state index contributed by atoms with van der Waals surface area (Å²) in [6.45, 7) is 9.17. The van der Waals surface area contributed by atoms with Gasteiger partial charge in [0.15, 0.2) is 0 Å². The Bertz CT molecular complexity index is 589. The summed E-state index contributed by atoms with van der Waals surface area (Å²) in [7, 11) is 0. The quantitative estimate of drug-likeness (QED) is 0.682. The van der Waals surface area contributed by atoms with Crippen molar-refractivity contribution in [2.24, 2.45) is 11.8 Å². The average Bonchev–Trinajstić information content (AvgIpc) is 3.35. The highest BCUT2D eigenvalue weighted by atomic mass is 79.9. The molecule has 2 aliphatic rings. The molecule has 0 aromatic heterocycles. The number of carbonyl (C=O) groups is 1. The van der Waals surface area contributed by atoms with Crippen LogP contribution in [0.5, 0.6) is 0 Å². The van der Waals surface area contributed by atoms with Crippen molar-refractivity contribution in [3.05, 3.63) is 34.3 Å². The predicted molar refractivity (Wildman–Crippen MR) is 107 cm³/mol. The number of nitrogens with one attached hydrogen (secondary N) is 1. The number of unbranched alkanes of at least 4 members (excludes halogenated alkanes) is 1. The summed E-state index contributed by atoms with van der Waals surface area (Å²) in [5, 5.41) is 3.19. The van der Waals surface area contributed by atoms with Gasteiger partial charge < -0.3 is 10.2 Å². The highest BCUT2D eigenvalue weighted by molar-refractivity contribution is 9.10. The molecule has 4 heteroatoms. The first-order chi connectivity index (χ1) is 12.0. The fraction of sp³-hybridized carbons (Fsp3) is 0.667. The molecule has 1 amide bonds. The first-order valence-corrected chi connectivity index (χ1v) is 10.6. The van der Waals surface area contributed by atoms with Gasteiger partial charge in [-0.05, 0) is 68.2 Å². The van der Waals surface area contributed by atoms with Gasteiger partial charge in [-0.15, -0.1) is 0 Å². The maximum absolute atomic E-state index is 12.7. The lowest BCUT2D eigenvalue weighted by atomic mass is 9.92. The lowest BCUT2D eigenvalue weighted by Gasteiger charge is -2.34. The second kappa shape index (κ2) is 8.22. The number of rotatable bonds is 7. The van der Waals surface area contributed by atoms with Gasteiger partial charge in [0.05, 0.1) is 5.41 Å². The molecule has 1 aliphatic carbocycles. The lowest BCUT2D eigenvalue weighted by molar-refractivity contribution is -0.123. The molecule has 138 valence electrons. The zero-order valence-corrected chi connectivity index (χ0v) is 17.1. The van der Waals surface area contributed by atoms with Crippen molar-refractivity contribution < 1.29 is 4.79 Å². The van der Waals surface area contributed by atoms with Crippen LogP contribution in [0, 0.1) is 11.8 Å². The van der Waals surface area contributed by atoms with E-state index in [2.05, 4.69) is 52.1 Å². The molecule has 1 saturated carbocycles. The highest BCUT2D eigenvalue weighted by Gasteiger charge is 2.51. The third-order valence-electron chi connectivity index (χ3n) is 5.69. The van der Waals surface area contributed by atoms with E-state index >= 15 is 0 Å². The fourth-order valence-electron chi connectivity index (χ4n) is 4.36. The van der Waals surface area contributed by atoms with Crippen LogP contribution in [0.25, 0.3) is 0 Å². The second-order valence-corrected chi connectivity index (χ2v) is 9.18. The fourth-order valence-corrected chi connectivity index (χ4v) is 4.76. The Morgan fingerprint density at radius 3 is 2.60 bits per heavy atom. The number of amides is 1. The van der Waals surface area contributed by atoms with Crippen molar-refractivity contribution in [1.29, 1.82) is 0 Å². The summed E-state index contributed by atoms with van der Waals surface area (Å²) < 4.78 is 1.05. The van der Waals surface area contributed by atoms with Crippen LogP contribution in [0.15, 0.2) is 28.7 Å². The molecule has 25 heavy (non-hydrogen) atoms. The van der Waals surface area contributed by atoms with Crippen molar-refractivity contribution in [3.63, 3.8) is 0 Å². The number of hydrogen-bond acceptors (Lipinski definition) is 2. The van der Waals surface area contributed by atoms with Gasteiger partial charge >= 0.3 is 0 Å². The van der Waals surface area contributed by atoms with Crippen molar-refractivity contribution in [2.45, 2.75) is 51.4 Å². The van der Waals surface area contributed by atoms with E-state index in [1.165, 1.54) is 32.5 Å². The minimum absolute atomic E-state index is 0.214. The van der Waals surface area contributed by atoms with E-state index < -0.39 is 0 Å². The number of nitrogens with zero attached hydrogens (tertiary/aromatic N) is 1. The molecule has 3 nitrogen and oxygen atoms in total. The molecule has 2 fully saturated rings. The standard InChI is InChI=1S/C21H31BrN2O/c1-16-12-17(2)15-24(14-16)11-4-3-10-23-20(25)21(8-9-21)18-6-5-7-19(22)13-18/h5-7,13,16-17H,3-4,8-12,14-15H2,1-2H3,(H,23,25). The molecule has 0 radical (unpaired) electrons. The number of piperidine rings is 1. The summed E-state index contributed by atoms with van der Waals surface area (Å²) in [5.41, 5.74) is 0.886. The minimum Gasteiger partial charge on any atom is -0.355 e. The summed E-state index contributed by atoms with van der Waals surface area (Å²) >= 11 is 3.51. The topological polar surface area (TPSA) is 32.3 Å². The second-order valence-electron chi connectivity index (χ2n) is 8.26. The van der Waals surface area contributed by atoms with Gasteiger partial charge in [0.1, 0.15) is 0 Å². The summed E-state index contributed by atoms with van der Waals surface area (Å²) in [6, 6.07) is 8.20. The first-order valence-electron chi connectivity index (χ1n) is 9.76. The highest BCUT2D eigenvalue weighted by Crippen LogP contribution is 2.48. The molecular formula is C21H31BrN2O. The van der Waals surface area contributed by atoms with E-state index in [-0.39, 0.29) is 11.3 Å². The summed E-state index contributed by atoms with van der Waals surface area (Å²) in [5.74, 6) is 1.86. The molecule has 0 bridgehead atoms. The number of carbonyl (C=O) groups excluding carboxylic acids is 1. The first kappa shape index (κ1) is 18.9. The number of benzene rings is 1. The van der Waals surface area contributed by atoms with Crippen LogP contribution < -0.4 is 5.32 Å². The predicted octanol–water partition coefficient (Wildman–Crippen LogP) is 4.36. The van der Waals surface area contributed by atoms with Crippen molar-refractivity contribution in [2.75, 3.05) is 26.2 Å². The van der Waals surface area contributed by atoms with Gasteiger partial charge in [0.2, 0.25) is 5.91 Å². The maximum atomic E-state index is 12.7.